The van der Waals surface area contributed by atoms with Crippen LogP contribution in [0.5, 0.6) is 0 Å². The maximum Gasteiger partial charge on any atom is 0.274 e. The van der Waals surface area contributed by atoms with Crippen LogP contribution in [0.15, 0.2) is 59.4 Å². The Hall–Kier alpha value is -2.99. The van der Waals surface area contributed by atoms with Gasteiger partial charge >= 0.3 is 0 Å². The number of nitrogens with zero attached hydrogens (tertiary/aromatic N) is 2. The number of carbonyl (C=O) groups is 1. The molecular weight excluding hydrogens is 354 g/mol. The second-order valence-electron chi connectivity index (χ2n) is 7.16. The molecule has 6 heteroatoms. The maximum atomic E-state index is 13.0. The molecule has 4 rings (SSSR count). The van der Waals surface area contributed by atoms with Crippen molar-refractivity contribution in [2.24, 2.45) is 0 Å². The predicted molar refractivity (Wildman–Crippen MR) is 107 cm³/mol. The Morgan fingerprint density at radius 2 is 1.89 bits per heavy atom. The van der Waals surface area contributed by atoms with E-state index >= 15 is 0 Å². The highest BCUT2D eigenvalue weighted by atomic mass is 16.5. The van der Waals surface area contributed by atoms with Gasteiger partial charge in [0.05, 0.1) is 24.1 Å². The zero-order valence-electron chi connectivity index (χ0n) is 15.8. The Bertz CT molecular complexity index is 1040. The van der Waals surface area contributed by atoms with Gasteiger partial charge in [0, 0.05) is 12.0 Å². The van der Waals surface area contributed by atoms with Gasteiger partial charge < -0.3 is 10.1 Å². The molecule has 0 aliphatic carbocycles. The predicted octanol–water partition coefficient (Wildman–Crippen LogP) is 2.74. The molecule has 28 heavy (non-hydrogen) atoms. The minimum atomic E-state index is -0.291. The van der Waals surface area contributed by atoms with Crippen molar-refractivity contribution in [1.29, 1.82) is 0 Å². The molecule has 2 aromatic carbocycles. The van der Waals surface area contributed by atoms with Gasteiger partial charge in [-0.05, 0) is 31.4 Å². The molecule has 1 saturated heterocycles. The van der Waals surface area contributed by atoms with Crippen LogP contribution in [0, 0.1) is 0 Å². The van der Waals surface area contributed by atoms with Gasteiger partial charge in [-0.15, -0.1) is 0 Å². The first-order valence-corrected chi connectivity index (χ1v) is 9.60. The lowest BCUT2D eigenvalue weighted by Gasteiger charge is -2.20. The van der Waals surface area contributed by atoms with E-state index in [-0.39, 0.29) is 29.3 Å². The average Bonchev–Trinajstić information content (AvgIpc) is 3.26. The van der Waals surface area contributed by atoms with Gasteiger partial charge in [-0.25, -0.2) is 4.68 Å². The van der Waals surface area contributed by atoms with Gasteiger partial charge in [0.15, 0.2) is 5.69 Å². The number of aromatic nitrogens is 2. The molecular formula is C22H23N3O3. The summed E-state index contributed by atoms with van der Waals surface area (Å²) in [5.74, 6) is -0.291. The monoisotopic (exact) mass is 377 g/mol. The molecule has 3 aromatic rings. The molecule has 2 heterocycles. The fourth-order valence-corrected chi connectivity index (χ4v) is 3.63. The van der Waals surface area contributed by atoms with E-state index in [1.165, 1.54) is 4.68 Å². The SMILES string of the molecule is C[C@H](NC(=O)c1nn(Cc2ccccc2)c(=O)c2ccccc12)[C@@H]1CCCO1. The molecule has 1 N–H and O–H groups in total. The van der Waals surface area contributed by atoms with Crippen LogP contribution in [-0.4, -0.2) is 34.4 Å². The first kappa shape index (κ1) is 18.4. The van der Waals surface area contributed by atoms with Crippen molar-refractivity contribution in [2.75, 3.05) is 6.61 Å². The molecule has 0 radical (unpaired) electrons. The summed E-state index contributed by atoms with van der Waals surface area (Å²) in [5, 5.41) is 8.48. The van der Waals surface area contributed by atoms with E-state index in [1.807, 2.05) is 43.3 Å². The zero-order chi connectivity index (χ0) is 19.5. The van der Waals surface area contributed by atoms with E-state index in [0.717, 1.165) is 25.0 Å². The highest BCUT2D eigenvalue weighted by Crippen LogP contribution is 2.17. The molecule has 0 saturated carbocycles. The third kappa shape index (κ3) is 3.68. The highest BCUT2D eigenvalue weighted by Gasteiger charge is 2.25. The summed E-state index contributed by atoms with van der Waals surface area (Å²) in [5.41, 5.74) is 1.01. The number of carbonyl (C=O) groups excluding carboxylic acids is 1. The second kappa shape index (κ2) is 7.94. The fraction of sp³-hybridized carbons (Fsp3) is 0.318. The van der Waals surface area contributed by atoms with Crippen molar-refractivity contribution in [3.05, 3.63) is 76.2 Å². The maximum absolute atomic E-state index is 13.0. The zero-order valence-corrected chi connectivity index (χ0v) is 15.8. The summed E-state index contributed by atoms with van der Waals surface area (Å²) in [7, 11) is 0. The summed E-state index contributed by atoms with van der Waals surface area (Å²) < 4.78 is 7.03. The Balaban J connectivity index is 1.71. The number of hydrogen-bond acceptors (Lipinski definition) is 4. The van der Waals surface area contributed by atoms with Crippen LogP contribution in [0.4, 0.5) is 0 Å². The molecule has 2 atom stereocenters. The van der Waals surface area contributed by atoms with Crippen molar-refractivity contribution < 1.29 is 9.53 Å². The minimum Gasteiger partial charge on any atom is -0.376 e. The van der Waals surface area contributed by atoms with Crippen molar-refractivity contribution in [2.45, 2.75) is 38.5 Å². The van der Waals surface area contributed by atoms with Crippen LogP contribution >= 0.6 is 0 Å². The number of hydrogen-bond donors (Lipinski definition) is 1. The van der Waals surface area contributed by atoms with E-state index in [4.69, 9.17) is 4.74 Å². The van der Waals surface area contributed by atoms with E-state index in [2.05, 4.69) is 10.4 Å². The summed E-state index contributed by atoms with van der Waals surface area (Å²) in [6.45, 7) is 2.98. The molecule has 0 bridgehead atoms. The largest absolute Gasteiger partial charge is 0.376 e. The summed E-state index contributed by atoms with van der Waals surface area (Å²) in [6, 6.07) is 16.6. The normalized spacial score (nSPS) is 17.5. The van der Waals surface area contributed by atoms with Crippen LogP contribution < -0.4 is 10.9 Å². The van der Waals surface area contributed by atoms with Gasteiger partial charge in [0.2, 0.25) is 0 Å². The van der Waals surface area contributed by atoms with E-state index in [0.29, 0.717) is 17.3 Å². The molecule has 1 fully saturated rings. The van der Waals surface area contributed by atoms with Gasteiger partial charge in [0.25, 0.3) is 11.5 Å². The van der Waals surface area contributed by atoms with Crippen molar-refractivity contribution >= 4 is 16.7 Å². The van der Waals surface area contributed by atoms with Gasteiger partial charge in [0.1, 0.15) is 0 Å². The number of rotatable bonds is 5. The Kier molecular flexibility index (Phi) is 5.21. The highest BCUT2D eigenvalue weighted by molar-refractivity contribution is 6.04. The lowest BCUT2D eigenvalue weighted by molar-refractivity contribution is 0.0709. The number of nitrogens with one attached hydrogen (secondary N) is 1. The van der Waals surface area contributed by atoms with Gasteiger partial charge in [-0.2, -0.15) is 5.10 Å². The number of ether oxygens (including phenoxy) is 1. The van der Waals surface area contributed by atoms with Gasteiger partial charge in [-0.3, -0.25) is 9.59 Å². The Morgan fingerprint density at radius 3 is 2.61 bits per heavy atom. The average molecular weight is 377 g/mol. The summed E-state index contributed by atoms with van der Waals surface area (Å²) >= 11 is 0. The van der Waals surface area contributed by atoms with Crippen molar-refractivity contribution in [1.82, 2.24) is 15.1 Å². The molecule has 1 aromatic heterocycles. The molecule has 144 valence electrons. The van der Waals surface area contributed by atoms with Crippen LogP contribution in [0.25, 0.3) is 10.8 Å². The van der Waals surface area contributed by atoms with E-state index in [1.54, 1.807) is 18.2 Å². The fourth-order valence-electron chi connectivity index (χ4n) is 3.63. The first-order valence-electron chi connectivity index (χ1n) is 9.60. The van der Waals surface area contributed by atoms with Crippen LogP contribution in [-0.2, 0) is 11.3 Å². The molecule has 1 aliphatic heterocycles. The van der Waals surface area contributed by atoms with Gasteiger partial charge in [-0.1, -0.05) is 48.5 Å². The quantitative estimate of drug-likeness (QED) is 0.742. The molecule has 6 nitrogen and oxygen atoms in total. The van der Waals surface area contributed by atoms with E-state index in [9.17, 15) is 9.59 Å². The van der Waals surface area contributed by atoms with Crippen molar-refractivity contribution in [3.63, 3.8) is 0 Å². The Labute approximate surface area is 163 Å². The smallest absolute Gasteiger partial charge is 0.274 e. The second-order valence-corrected chi connectivity index (χ2v) is 7.16. The first-order chi connectivity index (χ1) is 13.6. The summed E-state index contributed by atoms with van der Waals surface area (Å²) in [6.07, 6.45) is 1.96. The molecule has 1 amide bonds. The number of fused-ring (bicyclic) bond motifs is 1. The standard InChI is InChI=1S/C22H23N3O3/c1-15(19-12-7-13-28-19)23-21(26)20-17-10-5-6-11-18(17)22(27)25(24-20)14-16-8-3-2-4-9-16/h2-6,8-11,15,19H,7,12-14H2,1H3,(H,23,26)/t15-,19-/m0/s1. The van der Waals surface area contributed by atoms with Crippen molar-refractivity contribution in [3.8, 4) is 0 Å². The number of benzene rings is 2. The summed E-state index contributed by atoms with van der Waals surface area (Å²) in [4.78, 5) is 25.9. The lowest BCUT2D eigenvalue weighted by atomic mass is 10.1. The Morgan fingerprint density at radius 1 is 1.18 bits per heavy atom. The molecule has 1 aliphatic rings. The third-order valence-corrected chi connectivity index (χ3v) is 5.14. The minimum absolute atomic E-state index is 0.0189. The topological polar surface area (TPSA) is 73.2 Å². The van der Waals surface area contributed by atoms with Crippen LogP contribution in [0.1, 0.15) is 35.8 Å². The number of amides is 1. The molecule has 0 unspecified atom stereocenters. The molecule has 0 spiro atoms. The lowest BCUT2D eigenvalue weighted by Crippen LogP contribution is -2.42. The van der Waals surface area contributed by atoms with Crippen LogP contribution in [0.3, 0.4) is 0 Å². The van der Waals surface area contributed by atoms with Crippen LogP contribution in [0.2, 0.25) is 0 Å². The third-order valence-electron chi connectivity index (χ3n) is 5.14. The van der Waals surface area contributed by atoms with E-state index < -0.39 is 0 Å².